The van der Waals surface area contributed by atoms with E-state index in [2.05, 4.69) is 146 Å². The van der Waals surface area contributed by atoms with Gasteiger partial charge in [-0.3, -0.25) is 0 Å². The summed E-state index contributed by atoms with van der Waals surface area (Å²) in [5.74, 6) is 0.773. The van der Waals surface area contributed by atoms with Crippen LogP contribution in [0.25, 0.3) is 76.5 Å². The van der Waals surface area contributed by atoms with Crippen LogP contribution in [-0.4, -0.2) is 18.3 Å². The molecule has 0 saturated carbocycles. The van der Waals surface area contributed by atoms with Crippen molar-refractivity contribution in [1.29, 1.82) is 0 Å². The molecule has 0 unspecified atom stereocenters. The summed E-state index contributed by atoms with van der Waals surface area (Å²) < 4.78 is 6.16. The first kappa shape index (κ1) is 26.2. The average Bonchev–Trinajstić information content (AvgIpc) is 3.09. The third kappa shape index (κ3) is 4.48. The maximum atomic E-state index is 9.61. The minimum Gasteiger partial charge on any atom is -0.491 e. The quantitative estimate of drug-likeness (QED) is 0.217. The second-order valence-corrected chi connectivity index (χ2v) is 11.2. The highest BCUT2D eigenvalue weighted by atomic mass is 16.5. The summed E-state index contributed by atoms with van der Waals surface area (Å²) in [5.41, 5.74) is 6.99. The van der Waals surface area contributed by atoms with E-state index in [-0.39, 0.29) is 13.2 Å². The fraction of sp³-hybridized carbons (Fsp3) is 0.0476. The van der Waals surface area contributed by atoms with Crippen LogP contribution < -0.4 is 4.74 Å². The van der Waals surface area contributed by atoms with Crippen LogP contribution in [0.5, 0.6) is 5.75 Å². The Morgan fingerprint density at radius 1 is 0.409 bits per heavy atom. The van der Waals surface area contributed by atoms with Crippen molar-refractivity contribution in [3.05, 3.63) is 152 Å². The molecule has 8 rings (SSSR count). The first-order valence-electron chi connectivity index (χ1n) is 15.1. The SMILES string of the molecule is OCCOc1ccc2cc(-c3cccc4ccccc34)ccc2c1-c1cccc2cc(-c3cccc4ccccc34)ccc12. The number of benzene rings is 8. The Balaban J connectivity index is 1.31. The first-order valence-corrected chi connectivity index (χ1v) is 15.1. The van der Waals surface area contributed by atoms with Crippen molar-refractivity contribution in [2.24, 2.45) is 0 Å². The minimum atomic E-state index is -0.0403. The topological polar surface area (TPSA) is 29.5 Å². The fourth-order valence-corrected chi connectivity index (χ4v) is 6.65. The summed E-state index contributed by atoms with van der Waals surface area (Å²) in [4.78, 5) is 0. The molecule has 0 spiro atoms. The smallest absolute Gasteiger partial charge is 0.127 e. The molecule has 8 aromatic rings. The molecule has 0 aliphatic carbocycles. The highest BCUT2D eigenvalue weighted by Crippen LogP contribution is 2.43. The van der Waals surface area contributed by atoms with Gasteiger partial charge in [0, 0.05) is 5.56 Å². The van der Waals surface area contributed by atoms with Crippen LogP contribution in [0.3, 0.4) is 0 Å². The van der Waals surface area contributed by atoms with Crippen LogP contribution in [0.15, 0.2) is 152 Å². The lowest BCUT2D eigenvalue weighted by molar-refractivity contribution is 0.202. The van der Waals surface area contributed by atoms with Gasteiger partial charge in [0.2, 0.25) is 0 Å². The summed E-state index contributed by atoms with van der Waals surface area (Å²) in [6, 6.07) is 54.2. The Hall–Kier alpha value is -5.44. The summed E-state index contributed by atoms with van der Waals surface area (Å²) in [5, 5.41) is 19.2. The molecule has 8 aromatic carbocycles. The minimum absolute atomic E-state index is 0.0403. The van der Waals surface area contributed by atoms with E-state index >= 15 is 0 Å². The van der Waals surface area contributed by atoms with Crippen LogP contribution in [0.2, 0.25) is 0 Å². The van der Waals surface area contributed by atoms with E-state index in [1.807, 2.05) is 6.07 Å². The Kier molecular flexibility index (Phi) is 6.55. The lowest BCUT2D eigenvalue weighted by Gasteiger charge is -2.17. The van der Waals surface area contributed by atoms with Crippen molar-refractivity contribution < 1.29 is 9.84 Å². The lowest BCUT2D eigenvalue weighted by atomic mass is 9.89. The maximum absolute atomic E-state index is 9.61. The summed E-state index contributed by atoms with van der Waals surface area (Å²) in [6.07, 6.45) is 0. The van der Waals surface area contributed by atoms with Gasteiger partial charge in [-0.1, -0.05) is 133 Å². The largest absolute Gasteiger partial charge is 0.491 e. The molecule has 0 radical (unpaired) electrons. The van der Waals surface area contributed by atoms with Gasteiger partial charge in [0.05, 0.1) is 6.61 Å². The van der Waals surface area contributed by atoms with Crippen LogP contribution in [0.1, 0.15) is 0 Å². The van der Waals surface area contributed by atoms with E-state index in [9.17, 15) is 5.11 Å². The van der Waals surface area contributed by atoms with E-state index in [1.54, 1.807) is 0 Å². The number of hydrogen-bond donors (Lipinski definition) is 1. The fourth-order valence-electron chi connectivity index (χ4n) is 6.65. The summed E-state index contributed by atoms with van der Waals surface area (Å²) in [6.45, 7) is 0.198. The molecule has 0 aliphatic rings. The van der Waals surface area contributed by atoms with E-state index in [4.69, 9.17) is 4.74 Å². The first-order chi connectivity index (χ1) is 21.8. The molecule has 210 valence electrons. The van der Waals surface area contributed by atoms with Gasteiger partial charge in [-0.2, -0.15) is 0 Å². The van der Waals surface area contributed by atoms with Crippen molar-refractivity contribution in [3.63, 3.8) is 0 Å². The predicted molar refractivity (Wildman–Crippen MR) is 185 cm³/mol. The van der Waals surface area contributed by atoms with Crippen LogP contribution >= 0.6 is 0 Å². The second-order valence-electron chi connectivity index (χ2n) is 11.2. The van der Waals surface area contributed by atoms with Crippen molar-refractivity contribution in [3.8, 4) is 39.1 Å². The maximum Gasteiger partial charge on any atom is 0.127 e. The molecule has 2 nitrogen and oxygen atoms in total. The number of ether oxygens (including phenoxy) is 1. The van der Waals surface area contributed by atoms with Gasteiger partial charge in [-0.05, 0) is 89.1 Å². The molecule has 0 aliphatic heterocycles. The normalized spacial score (nSPS) is 11.5. The van der Waals surface area contributed by atoms with Crippen molar-refractivity contribution >= 4 is 43.1 Å². The van der Waals surface area contributed by atoms with Gasteiger partial charge in [0.15, 0.2) is 0 Å². The molecule has 0 atom stereocenters. The monoisotopic (exact) mass is 566 g/mol. The van der Waals surface area contributed by atoms with Crippen molar-refractivity contribution in [1.82, 2.24) is 0 Å². The van der Waals surface area contributed by atoms with E-state index in [1.165, 1.54) is 49.2 Å². The molecular weight excluding hydrogens is 536 g/mol. The lowest BCUT2D eigenvalue weighted by Crippen LogP contribution is -2.03. The van der Waals surface area contributed by atoms with Gasteiger partial charge >= 0.3 is 0 Å². The molecular formula is C42H30O2. The molecule has 0 bridgehead atoms. The number of aliphatic hydroxyl groups excluding tert-OH is 1. The molecule has 1 N–H and O–H groups in total. The zero-order valence-corrected chi connectivity index (χ0v) is 24.2. The second kappa shape index (κ2) is 11.0. The molecule has 0 fully saturated rings. The van der Waals surface area contributed by atoms with Gasteiger partial charge in [0.25, 0.3) is 0 Å². The standard InChI is InChI=1S/C42H30O2/c43-24-25-44-41-23-20-33-27-32(37-16-6-11-29-9-2-4-14-35(29)37)19-22-39(33)42(41)40-17-7-12-30-26-31(18-21-38(30)40)36-15-5-10-28-8-1-3-13-34(28)36/h1-23,26-27,43H,24-25H2. The average molecular weight is 567 g/mol. The van der Waals surface area contributed by atoms with Gasteiger partial charge < -0.3 is 9.84 Å². The Labute approximate surface area is 256 Å². The van der Waals surface area contributed by atoms with Crippen LogP contribution in [0.4, 0.5) is 0 Å². The van der Waals surface area contributed by atoms with Gasteiger partial charge in [0.1, 0.15) is 12.4 Å². The van der Waals surface area contributed by atoms with Crippen molar-refractivity contribution in [2.75, 3.05) is 13.2 Å². The zero-order chi connectivity index (χ0) is 29.5. The molecule has 44 heavy (non-hydrogen) atoms. The van der Waals surface area contributed by atoms with E-state index < -0.39 is 0 Å². The molecule has 0 heterocycles. The third-order valence-corrected chi connectivity index (χ3v) is 8.68. The number of rotatable bonds is 6. The van der Waals surface area contributed by atoms with E-state index in [0.717, 1.165) is 33.0 Å². The van der Waals surface area contributed by atoms with Crippen LogP contribution in [0, 0.1) is 0 Å². The zero-order valence-electron chi connectivity index (χ0n) is 24.2. The molecule has 0 saturated heterocycles. The predicted octanol–water partition coefficient (Wildman–Crippen LogP) is 10.7. The molecule has 0 aromatic heterocycles. The van der Waals surface area contributed by atoms with Crippen molar-refractivity contribution in [2.45, 2.75) is 0 Å². The van der Waals surface area contributed by atoms with Crippen LogP contribution in [-0.2, 0) is 0 Å². The highest BCUT2D eigenvalue weighted by molar-refractivity contribution is 6.10. The highest BCUT2D eigenvalue weighted by Gasteiger charge is 2.16. The molecule has 2 heteroatoms. The Morgan fingerprint density at radius 2 is 0.909 bits per heavy atom. The molecule has 0 amide bonds. The van der Waals surface area contributed by atoms with E-state index in [0.29, 0.717) is 0 Å². The summed E-state index contributed by atoms with van der Waals surface area (Å²) >= 11 is 0. The number of aliphatic hydroxyl groups is 1. The van der Waals surface area contributed by atoms with Gasteiger partial charge in [-0.25, -0.2) is 0 Å². The number of fused-ring (bicyclic) bond motifs is 4. The summed E-state index contributed by atoms with van der Waals surface area (Å²) in [7, 11) is 0. The Morgan fingerprint density at radius 3 is 1.55 bits per heavy atom. The van der Waals surface area contributed by atoms with Gasteiger partial charge in [-0.15, -0.1) is 0 Å². The Bertz CT molecular complexity index is 2320. The number of hydrogen-bond acceptors (Lipinski definition) is 2. The third-order valence-electron chi connectivity index (χ3n) is 8.68.